The molecule has 0 aromatic rings. The van der Waals surface area contributed by atoms with E-state index in [-0.39, 0.29) is 12.8 Å². The van der Waals surface area contributed by atoms with Gasteiger partial charge in [0.15, 0.2) is 22.2 Å². The second-order valence-corrected chi connectivity index (χ2v) is 6.49. The van der Waals surface area contributed by atoms with Crippen LogP contribution in [-0.4, -0.2) is 43.8 Å². The molecular formula is C10H16F5NO3S. The lowest BCUT2D eigenvalue weighted by molar-refractivity contribution is -0.118. The fourth-order valence-electron chi connectivity index (χ4n) is 1.55. The van der Waals surface area contributed by atoms with Gasteiger partial charge in [-0.2, -0.15) is 0 Å². The van der Waals surface area contributed by atoms with E-state index in [1.165, 1.54) is 6.92 Å². The lowest BCUT2D eigenvalue weighted by Crippen LogP contribution is -2.42. The number of halogens is 5. The highest BCUT2D eigenvalue weighted by molar-refractivity contribution is 7.92. The fourth-order valence-corrected chi connectivity index (χ4v) is 3.34. The van der Waals surface area contributed by atoms with E-state index in [4.69, 9.17) is 5.73 Å². The van der Waals surface area contributed by atoms with Crippen LogP contribution in [0.25, 0.3) is 0 Å². The maximum atomic E-state index is 13.5. The Balaban J connectivity index is 5.03. The minimum atomic E-state index is -4.85. The molecule has 0 saturated heterocycles. The molecule has 4 atom stereocenters. The monoisotopic (exact) mass is 325 g/mol. The Kier molecular flexibility index (Phi) is 7.39. The van der Waals surface area contributed by atoms with Crippen molar-refractivity contribution >= 4 is 15.7 Å². The second kappa shape index (κ2) is 7.75. The Morgan fingerprint density at radius 3 is 1.95 bits per heavy atom. The van der Waals surface area contributed by atoms with E-state index in [0.717, 1.165) is 0 Å². The van der Waals surface area contributed by atoms with E-state index in [2.05, 4.69) is 0 Å². The maximum absolute atomic E-state index is 13.5. The molecule has 0 spiro atoms. The predicted molar refractivity (Wildman–Crippen MR) is 62.1 cm³/mol. The van der Waals surface area contributed by atoms with Crippen molar-refractivity contribution in [1.29, 1.82) is 0 Å². The van der Waals surface area contributed by atoms with Crippen LogP contribution in [0.2, 0.25) is 0 Å². The molecule has 0 heterocycles. The Morgan fingerprint density at radius 2 is 1.60 bits per heavy atom. The van der Waals surface area contributed by atoms with Crippen LogP contribution in [0.3, 0.4) is 0 Å². The molecule has 10 heteroatoms. The zero-order valence-corrected chi connectivity index (χ0v) is 11.4. The summed E-state index contributed by atoms with van der Waals surface area (Å²) < 4.78 is 86.5. The van der Waals surface area contributed by atoms with Gasteiger partial charge >= 0.3 is 0 Å². The molecule has 120 valence electrons. The predicted octanol–water partition coefficient (Wildman–Crippen LogP) is 1.68. The quantitative estimate of drug-likeness (QED) is 0.655. The third-order valence-electron chi connectivity index (χ3n) is 2.74. The van der Waals surface area contributed by atoms with Gasteiger partial charge in [0, 0.05) is 6.42 Å². The molecule has 0 saturated carbocycles. The lowest BCUT2D eigenvalue weighted by atomic mass is 10.2. The lowest BCUT2D eigenvalue weighted by Gasteiger charge is -2.22. The second-order valence-electron chi connectivity index (χ2n) is 4.20. The number of amides is 1. The topological polar surface area (TPSA) is 77.2 Å². The minimum Gasteiger partial charge on any atom is -0.370 e. The van der Waals surface area contributed by atoms with E-state index in [1.54, 1.807) is 0 Å². The molecule has 0 bridgehead atoms. The average molecular weight is 325 g/mol. The largest absolute Gasteiger partial charge is 0.370 e. The third kappa shape index (κ3) is 4.88. The molecule has 0 aliphatic carbocycles. The number of sulfone groups is 1. The highest BCUT2D eigenvalue weighted by Gasteiger charge is 2.45. The molecule has 0 aromatic heterocycles. The fraction of sp³-hybridized carbons (Fsp3) is 0.900. The number of rotatable bonds is 9. The van der Waals surface area contributed by atoms with Crippen LogP contribution >= 0.6 is 0 Å². The molecule has 20 heavy (non-hydrogen) atoms. The smallest absolute Gasteiger partial charge is 0.272 e. The summed E-state index contributed by atoms with van der Waals surface area (Å²) in [5, 5.41) is -1.49. The van der Waals surface area contributed by atoms with Crippen LogP contribution in [0, 0.1) is 0 Å². The van der Waals surface area contributed by atoms with Crippen molar-refractivity contribution in [2.75, 3.05) is 0 Å². The standard InChI is InChI=1S/C10H16F5NO3S/c1-2-5(3-4-6(16)17)20(18,19)10(15)8(12)7(11)9(13)14/h5,7-10H,2-4H2,1H3,(H2,16,17). The molecule has 0 aliphatic heterocycles. The normalized spacial score (nSPS) is 18.6. The highest BCUT2D eigenvalue weighted by Crippen LogP contribution is 2.27. The number of primary amides is 1. The van der Waals surface area contributed by atoms with E-state index >= 15 is 0 Å². The Morgan fingerprint density at radius 1 is 1.10 bits per heavy atom. The molecule has 0 aromatic carbocycles. The van der Waals surface area contributed by atoms with Crippen LogP contribution in [0.4, 0.5) is 22.0 Å². The van der Waals surface area contributed by atoms with Crippen LogP contribution in [-0.2, 0) is 14.6 Å². The summed E-state index contributed by atoms with van der Waals surface area (Å²) in [7, 11) is -4.85. The Bertz CT molecular complexity index is 417. The summed E-state index contributed by atoms with van der Waals surface area (Å²) in [6.45, 7) is 1.32. The van der Waals surface area contributed by atoms with Crippen molar-refractivity contribution in [1.82, 2.24) is 0 Å². The van der Waals surface area contributed by atoms with Crippen molar-refractivity contribution in [3.05, 3.63) is 0 Å². The van der Waals surface area contributed by atoms with Gasteiger partial charge in [-0.25, -0.2) is 30.4 Å². The summed E-state index contributed by atoms with van der Waals surface area (Å²) in [5.41, 5.74) is 1.39. The Hall–Kier alpha value is -0.930. The number of hydrogen-bond donors (Lipinski definition) is 1. The molecule has 0 aliphatic rings. The zero-order chi connectivity index (χ0) is 16.1. The molecule has 1 amide bonds. The van der Waals surface area contributed by atoms with E-state index in [0.29, 0.717) is 0 Å². The van der Waals surface area contributed by atoms with E-state index < -0.39 is 51.7 Å². The first kappa shape index (κ1) is 19.1. The van der Waals surface area contributed by atoms with Crippen molar-refractivity contribution in [2.45, 2.75) is 55.7 Å². The van der Waals surface area contributed by atoms with E-state index in [9.17, 15) is 35.2 Å². The highest BCUT2D eigenvalue weighted by atomic mass is 32.2. The van der Waals surface area contributed by atoms with Gasteiger partial charge in [-0.05, 0) is 12.8 Å². The molecule has 0 radical (unpaired) electrons. The molecular weight excluding hydrogens is 309 g/mol. The number of carbonyl (C=O) groups is 1. The molecule has 4 nitrogen and oxygen atoms in total. The molecule has 4 unspecified atom stereocenters. The maximum Gasteiger partial charge on any atom is 0.272 e. The summed E-state index contributed by atoms with van der Waals surface area (Å²) in [6, 6.07) is 0. The van der Waals surface area contributed by atoms with Gasteiger partial charge in [-0.1, -0.05) is 6.92 Å². The number of carbonyl (C=O) groups excluding carboxylic acids is 1. The van der Waals surface area contributed by atoms with Crippen molar-refractivity contribution in [3.8, 4) is 0 Å². The SMILES string of the molecule is CCC(CCC(N)=O)S(=O)(=O)C(F)C(F)C(F)C(F)F. The van der Waals surface area contributed by atoms with Gasteiger partial charge in [0.2, 0.25) is 11.4 Å². The van der Waals surface area contributed by atoms with Gasteiger partial charge in [0.25, 0.3) is 6.43 Å². The summed E-state index contributed by atoms with van der Waals surface area (Å²) in [6.07, 6.45) is -11.8. The minimum absolute atomic E-state index is 0.186. The van der Waals surface area contributed by atoms with Crippen molar-refractivity contribution in [2.24, 2.45) is 5.73 Å². The molecule has 2 N–H and O–H groups in total. The van der Waals surface area contributed by atoms with Crippen LogP contribution in [0.15, 0.2) is 0 Å². The first-order valence-corrected chi connectivity index (χ1v) is 7.38. The van der Waals surface area contributed by atoms with Crippen LogP contribution < -0.4 is 5.73 Å². The summed E-state index contributed by atoms with van der Waals surface area (Å²) in [4.78, 5) is 10.5. The third-order valence-corrected chi connectivity index (χ3v) is 5.13. The van der Waals surface area contributed by atoms with Gasteiger partial charge in [0.1, 0.15) is 0 Å². The van der Waals surface area contributed by atoms with Gasteiger partial charge < -0.3 is 5.73 Å². The van der Waals surface area contributed by atoms with Crippen molar-refractivity contribution in [3.63, 3.8) is 0 Å². The van der Waals surface area contributed by atoms with Gasteiger partial charge in [-0.3, -0.25) is 4.79 Å². The summed E-state index contributed by atoms with van der Waals surface area (Å²) >= 11 is 0. The van der Waals surface area contributed by atoms with E-state index in [1.807, 2.05) is 0 Å². The van der Waals surface area contributed by atoms with Crippen LogP contribution in [0.5, 0.6) is 0 Å². The van der Waals surface area contributed by atoms with Crippen LogP contribution in [0.1, 0.15) is 26.2 Å². The first-order valence-electron chi connectivity index (χ1n) is 5.77. The Labute approximate surface area is 113 Å². The number of nitrogens with two attached hydrogens (primary N) is 1. The first-order chi connectivity index (χ1) is 9.05. The molecule has 0 rings (SSSR count). The molecule has 0 fully saturated rings. The van der Waals surface area contributed by atoms with Gasteiger partial charge in [0.05, 0.1) is 5.25 Å². The number of hydrogen-bond acceptors (Lipinski definition) is 3. The van der Waals surface area contributed by atoms with Crippen molar-refractivity contribution < 1.29 is 35.2 Å². The number of alkyl halides is 5. The summed E-state index contributed by atoms with van der Waals surface area (Å²) in [5.74, 6) is -0.846. The van der Waals surface area contributed by atoms with Gasteiger partial charge in [-0.15, -0.1) is 0 Å². The zero-order valence-electron chi connectivity index (χ0n) is 10.6. The average Bonchev–Trinajstić information content (AvgIpc) is 2.35.